The molecule has 0 spiro atoms. The normalized spacial score (nSPS) is 15.0. The molecule has 2 aromatic heterocycles. The van der Waals surface area contributed by atoms with Crippen LogP contribution in [0.1, 0.15) is 36.8 Å². The summed E-state index contributed by atoms with van der Waals surface area (Å²) in [6.07, 6.45) is 1.63. The number of benzene rings is 3. The minimum Gasteiger partial charge on any atom is -0.463 e. The number of non-ortho nitro benzene ring substituents is 1. The maximum absolute atomic E-state index is 14.0. The van der Waals surface area contributed by atoms with Crippen molar-refractivity contribution in [1.29, 1.82) is 0 Å². The molecule has 0 saturated heterocycles. The van der Waals surface area contributed by atoms with E-state index in [-0.39, 0.29) is 17.9 Å². The molecule has 1 aliphatic rings. The van der Waals surface area contributed by atoms with Crippen LogP contribution in [0.15, 0.2) is 98.3 Å². The number of nitro benzene ring substituents is 1. The number of hydrogen-bond acceptors (Lipinski definition) is 8. The molecule has 42 heavy (non-hydrogen) atoms. The van der Waals surface area contributed by atoms with Gasteiger partial charge in [-0.2, -0.15) is 0 Å². The molecule has 9 nitrogen and oxygen atoms in total. The first-order valence-corrected chi connectivity index (χ1v) is 14.1. The van der Waals surface area contributed by atoms with Gasteiger partial charge >= 0.3 is 5.97 Å². The molecule has 3 aromatic carbocycles. The number of nitro groups is 1. The summed E-state index contributed by atoms with van der Waals surface area (Å²) in [4.78, 5) is 43.2. The van der Waals surface area contributed by atoms with Crippen LogP contribution in [0.2, 0.25) is 0 Å². The molecular weight excluding hydrogens is 554 g/mol. The number of hydrogen-bond donors (Lipinski definition) is 0. The fourth-order valence-corrected chi connectivity index (χ4v) is 6.29. The van der Waals surface area contributed by atoms with E-state index in [1.807, 2.05) is 49.4 Å². The summed E-state index contributed by atoms with van der Waals surface area (Å²) in [6, 6.07) is 20.9. The first-order chi connectivity index (χ1) is 20.3. The number of aromatic nitrogens is 1. The van der Waals surface area contributed by atoms with Gasteiger partial charge in [0, 0.05) is 23.8 Å². The molecule has 3 heterocycles. The number of aryl methyl sites for hydroxylation is 1. The molecule has 10 heteroatoms. The highest BCUT2D eigenvalue weighted by molar-refractivity contribution is 7.07. The van der Waals surface area contributed by atoms with E-state index in [1.165, 1.54) is 23.5 Å². The van der Waals surface area contributed by atoms with Gasteiger partial charge in [0.05, 0.1) is 33.4 Å². The lowest BCUT2D eigenvalue weighted by Crippen LogP contribution is -2.40. The zero-order chi connectivity index (χ0) is 29.5. The predicted octanol–water partition coefficient (Wildman–Crippen LogP) is 5.43. The van der Waals surface area contributed by atoms with E-state index in [0.29, 0.717) is 37.7 Å². The van der Waals surface area contributed by atoms with Crippen LogP contribution in [0, 0.1) is 17.0 Å². The Morgan fingerprint density at radius 3 is 2.69 bits per heavy atom. The van der Waals surface area contributed by atoms with Crippen LogP contribution in [0.25, 0.3) is 28.2 Å². The van der Waals surface area contributed by atoms with Crippen LogP contribution in [0.5, 0.6) is 0 Å². The minimum atomic E-state index is -0.742. The van der Waals surface area contributed by atoms with Crippen molar-refractivity contribution >= 4 is 39.8 Å². The molecule has 0 saturated carbocycles. The number of allylic oxidation sites excluding steroid dienone is 1. The molecule has 1 aliphatic heterocycles. The minimum absolute atomic E-state index is 0.0388. The third-order valence-corrected chi connectivity index (χ3v) is 8.22. The van der Waals surface area contributed by atoms with E-state index in [0.717, 1.165) is 21.9 Å². The number of rotatable bonds is 6. The van der Waals surface area contributed by atoms with Gasteiger partial charge in [-0.3, -0.25) is 19.5 Å². The lowest BCUT2D eigenvalue weighted by atomic mass is 9.91. The highest BCUT2D eigenvalue weighted by Crippen LogP contribution is 2.35. The fourth-order valence-electron chi connectivity index (χ4n) is 5.27. The van der Waals surface area contributed by atoms with Crippen LogP contribution in [-0.2, 0) is 9.53 Å². The Bertz CT molecular complexity index is 2110. The van der Waals surface area contributed by atoms with Crippen molar-refractivity contribution in [2.24, 2.45) is 4.99 Å². The Morgan fingerprint density at radius 1 is 1.12 bits per heavy atom. The molecule has 210 valence electrons. The number of furan rings is 1. The lowest BCUT2D eigenvalue weighted by molar-refractivity contribution is -0.384. The third kappa shape index (κ3) is 4.65. The Labute approximate surface area is 243 Å². The highest BCUT2D eigenvalue weighted by Gasteiger charge is 2.34. The van der Waals surface area contributed by atoms with E-state index in [2.05, 4.69) is 4.99 Å². The van der Waals surface area contributed by atoms with E-state index in [1.54, 1.807) is 42.7 Å². The fraction of sp³-hybridized carbons (Fsp3) is 0.156. The van der Waals surface area contributed by atoms with Gasteiger partial charge in [-0.15, -0.1) is 0 Å². The van der Waals surface area contributed by atoms with E-state index >= 15 is 0 Å². The lowest BCUT2D eigenvalue weighted by Gasteiger charge is -2.25. The maximum Gasteiger partial charge on any atom is 0.338 e. The summed E-state index contributed by atoms with van der Waals surface area (Å²) in [5.74, 6) is 0.336. The van der Waals surface area contributed by atoms with Gasteiger partial charge in [-0.05, 0) is 54.8 Å². The Hall–Kier alpha value is -5.09. The second kappa shape index (κ2) is 10.7. The van der Waals surface area contributed by atoms with Crippen LogP contribution < -0.4 is 14.9 Å². The number of carbonyl (C=O) groups is 1. The van der Waals surface area contributed by atoms with Crippen molar-refractivity contribution in [3.63, 3.8) is 0 Å². The summed E-state index contributed by atoms with van der Waals surface area (Å²) < 4.78 is 13.4. The van der Waals surface area contributed by atoms with Crippen LogP contribution >= 0.6 is 11.3 Å². The molecule has 0 fully saturated rings. The molecule has 0 radical (unpaired) electrons. The highest BCUT2D eigenvalue weighted by atomic mass is 32.1. The molecule has 0 N–H and O–H groups in total. The van der Waals surface area contributed by atoms with Crippen molar-refractivity contribution in [2.45, 2.75) is 26.8 Å². The van der Waals surface area contributed by atoms with Gasteiger partial charge in [-0.25, -0.2) is 9.79 Å². The first kappa shape index (κ1) is 27.1. The average molecular weight is 580 g/mol. The summed E-state index contributed by atoms with van der Waals surface area (Å²) >= 11 is 1.20. The topological polar surface area (TPSA) is 117 Å². The number of nitrogens with zero attached hydrogens (tertiary/aromatic N) is 3. The van der Waals surface area contributed by atoms with E-state index < -0.39 is 16.9 Å². The molecule has 6 rings (SSSR count). The second-order valence-electron chi connectivity index (χ2n) is 9.83. The van der Waals surface area contributed by atoms with Gasteiger partial charge < -0.3 is 9.15 Å². The number of ether oxygens (including phenoxy) is 1. The predicted molar refractivity (Wildman–Crippen MR) is 160 cm³/mol. The van der Waals surface area contributed by atoms with Crippen molar-refractivity contribution in [1.82, 2.24) is 4.57 Å². The van der Waals surface area contributed by atoms with Crippen molar-refractivity contribution in [3.05, 3.63) is 131 Å². The van der Waals surface area contributed by atoms with Gasteiger partial charge in [0.1, 0.15) is 11.5 Å². The Kier molecular flexibility index (Phi) is 6.91. The number of esters is 1. The maximum atomic E-state index is 14.0. The summed E-state index contributed by atoms with van der Waals surface area (Å²) in [6.45, 7) is 5.52. The Balaban J connectivity index is 1.51. The van der Waals surface area contributed by atoms with Crippen molar-refractivity contribution < 1.29 is 18.9 Å². The zero-order valence-electron chi connectivity index (χ0n) is 23.0. The Morgan fingerprint density at radius 2 is 1.90 bits per heavy atom. The SMILES string of the molecule is CCOC(=O)C1=C(C)N=c2s/c(=C\c3ccc(-c4cc([N+](=O)[O-])ccc4C)o3)c(=O)n2[C@@H]1c1cccc2ccccc12. The second-order valence-corrected chi connectivity index (χ2v) is 10.8. The monoisotopic (exact) mass is 579 g/mol. The quantitative estimate of drug-likeness (QED) is 0.151. The van der Waals surface area contributed by atoms with Crippen molar-refractivity contribution in [2.75, 3.05) is 6.61 Å². The van der Waals surface area contributed by atoms with E-state index in [9.17, 15) is 19.7 Å². The smallest absolute Gasteiger partial charge is 0.338 e. The largest absolute Gasteiger partial charge is 0.463 e. The summed E-state index contributed by atoms with van der Waals surface area (Å²) in [7, 11) is 0. The third-order valence-electron chi connectivity index (χ3n) is 7.23. The summed E-state index contributed by atoms with van der Waals surface area (Å²) in [5, 5.41) is 13.2. The molecular formula is C32H25N3O6S. The molecule has 5 aromatic rings. The molecule has 0 aliphatic carbocycles. The van der Waals surface area contributed by atoms with Crippen LogP contribution in [0.4, 0.5) is 5.69 Å². The first-order valence-electron chi connectivity index (χ1n) is 13.3. The standard InChI is InChI=1S/C32H25N3O6S/c1-4-40-31(37)28-19(3)33-32-34(29(28)24-11-7-9-20-8-5-6-10-23(20)24)30(36)27(42-32)17-22-14-15-26(41-22)25-16-21(35(38)39)13-12-18(25)2/h5-17,29H,4H2,1-3H3/b27-17-/t29-/m1/s1. The van der Waals surface area contributed by atoms with Gasteiger partial charge in [0.25, 0.3) is 11.2 Å². The van der Waals surface area contributed by atoms with Gasteiger partial charge in [0.15, 0.2) is 4.80 Å². The molecule has 0 unspecified atom stereocenters. The van der Waals surface area contributed by atoms with Gasteiger partial charge in [0.2, 0.25) is 0 Å². The van der Waals surface area contributed by atoms with Gasteiger partial charge in [-0.1, -0.05) is 59.9 Å². The van der Waals surface area contributed by atoms with Crippen LogP contribution in [0.3, 0.4) is 0 Å². The number of thiazole rings is 1. The summed E-state index contributed by atoms with van der Waals surface area (Å²) in [5.41, 5.74) is 2.64. The average Bonchev–Trinajstić information content (AvgIpc) is 3.56. The molecule has 0 bridgehead atoms. The molecule has 0 amide bonds. The number of carbonyl (C=O) groups excluding carboxylic acids is 1. The van der Waals surface area contributed by atoms with E-state index in [4.69, 9.17) is 9.15 Å². The molecule has 1 atom stereocenters. The van der Waals surface area contributed by atoms with Crippen LogP contribution in [-0.4, -0.2) is 22.1 Å². The zero-order valence-corrected chi connectivity index (χ0v) is 23.8. The number of fused-ring (bicyclic) bond motifs is 2. The van der Waals surface area contributed by atoms with Crippen molar-refractivity contribution in [3.8, 4) is 11.3 Å².